The van der Waals surface area contributed by atoms with Crippen LogP contribution in [0.15, 0.2) is 53.0 Å². The summed E-state index contributed by atoms with van der Waals surface area (Å²) in [4.78, 5) is 22.3. The number of non-ortho nitro benzene ring substituents is 1. The van der Waals surface area contributed by atoms with Gasteiger partial charge in [0.2, 0.25) is 5.91 Å². The Kier molecular flexibility index (Phi) is 6.31. The summed E-state index contributed by atoms with van der Waals surface area (Å²) in [5.74, 6) is 0.507. The molecule has 2 rings (SSSR count). The van der Waals surface area contributed by atoms with Crippen molar-refractivity contribution in [2.24, 2.45) is 0 Å². The molecule has 0 aliphatic carbocycles. The Morgan fingerprint density at radius 2 is 2.04 bits per heavy atom. The summed E-state index contributed by atoms with van der Waals surface area (Å²) < 4.78 is 6.42. The third-order valence-corrected chi connectivity index (χ3v) is 3.85. The maximum absolute atomic E-state index is 12.0. The molecule has 1 atom stereocenters. The van der Waals surface area contributed by atoms with Crippen LogP contribution in [0, 0.1) is 10.1 Å². The molecule has 1 amide bonds. The van der Waals surface area contributed by atoms with Gasteiger partial charge in [-0.2, -0.15) is 0 Å². The van der Waals surface area contributed by atoms with Gasteiger partial charge in [0.15, 0.2) is 0 Å². The summed E-state index contributed by atoms with van der Waals surface area (Å²) >= 11 is 3.35. The van der Waals surface area contributed by atoms with Gasteiger partial charge >= 0.3 is 0 Å². The molecule has 24 heavy (non-hydrogen) atoms. The van der Waals surface area contributed by atoms with Gasteiger partial charge in [0.1, 0.15) is 5.75 Å². The number of nitrogens with zero attached hydrogens (tertiary/aromatic N) is 1. The fraction of sp³-hybridized carbons (Fsp3) is 0.235. The van der Waals surface area contributed by atoms with Crippen molar-refractivity contribution in [3.63, 3.8) is 0 Å². The van der Waals surface area contributed by atoms with Crippen LogP contribution >= 0.6 is 15.9 Å². The number of hydrogen-bond acceptors (Lipinski definition) is 4. The second-order valence-electron chi connectivity index (χ2n) is 5.20. The van der Waals surface area contributed by atoms with Gasteiger partial charge in [0.25, 0.3) is 5.69 Å². The number of rotatable bonds is 7. The Morgan fingerprint density at radius 1 is 1.29 bits per heavy atom. The van der Waals surface area contributed by atoms with Crippen molar-refractivity contribution >= 4 is 27.5 Å². The fourth-order valence-electron chi connectivity index (χ4n) is 2.12. The van der Waals surface area contributed by atoms with E-state index >= 15 is 0 Å². The maximum Gasteiger partial charge on any atom is 0.269 e. The molecule has 0 aromatic heterocycles. The van der Waals surface area contributed by atoms with E-state index in [1.54, 1.807) is 19.1 Å². The quantitative estimate of drug-likeness (QED) is 0.570. The average Bonchev–Trinajstić information content (AvgIpc) is 2.55. The van der Waals surface area contributed by atoms with Crippen LogP contribution in [-0.2, 0) is 4.79 Å². The molecule has 0 aliphatic rings. The number of carbonyl (C=O) groups excluding carboxylic acids is 1. The minimum absolute atomic E-state index is 0.00610. The molecule has 0 radical (unpaired) electrons. The molecule has 0 spiro atoms. The molecule has 2 aromatic carbocycles. The van der Waals surface area contributed by atoms with E-state index < -0.39 is 4.92 Å². The average molecular weight is 393 g/mol. The van der Waals surface area contributed by atoms with Crippen molar-refractivity contribution in [3.05, 3.63) is 68.7 Å². The highest BCUT2D eigenvalue weighted by Crippen LogP contribution is 2.19. The predicted octanol–water partition coefficient (Wildman–Crippen LogP) is 4.00. The van der Waals surface area contributed by atoms with Crippen LogP contribution in [0.1, 0.15) is 24.9 Å². The highest BCUT2D eigenvalue weighted by atomic mass is 79.9. The normalized spacial score (nSPS) is 11.6. The van der Waals surface area contributed by atoms with E-state index in [9.17, 15) is 14.9 Å². The molecule has 1 N–H and O–H groups in total. The Hall–Kier alpha value is -2.41. The van der Waals surface area contributed by atoms with E-state index in [2.05, 4.69) is 21.2 Å². The number of nitro groups is 1. The molecule has 0 fully saturated rings. The molecular formula is C17H17BrN2O4. The zero-order valence-electron chi connectivity index (χ0n) is 13.1. The van der Waals surface area contributed by atoms with E-state index in [-0.39, 0.29) is 30.7 Å². The largest absolute Gasteiger partial charge is 0.493 e. The lowest BCUT2D eigenvalue weighted by molar-refractivity contribution is -0.384. The number of carbonyl (C=O) groups is 1. The van der Waals surface area contributed by atoms with Crippen LogP contribution in [0.4, 0.5) is 5.69 Å². The first kappa shape index (κ1) is 17.9. The highest BCUT2D eigenvalue weighted by Gasteiger charge is 2.13. The third kappa shape index (κ3) is 5.34. The lowest BCUT2D eigenvalue weighted by Gasteiger charge is -2.14. The third-order valence-electron chi connectivity index (χ3n) is 3.35. The maximum atomic E-state index is 12.0. The summed E-state index contributed by atoms with van der Waals surface area (Å²) in [6, 6.07) is 13.3. The van der Waals surface area contributed by atoms with Crippen molar-refractivity contribution in [1.82, 2.24) is 5.32 Å². The van der Waals surface area contributed by atoms with E-state index in [4.69, 9.17) is 4.74 Å². The molecule has 1 unspecified atom stereocenters. The first-order valence-corrected chi connectivity index (χ1v) is 8.17. The van der Waals surface area contributed by atoms with Gasteiger partial charge in [0.05, 0.1) is 24.0 Å². The molecule has 0 aliphatic heterocycles. The molecular weight excluding hydrogens is 376 g/mol. The lowest BCUT2D eigenvalue weighted by atomic mass is 10.1. The number of amides is 1. The van der Waals surface area contributed by atoms with Crippen LogP contribution in [0.3, 0.4) is 0 Å². The number of hydrogen-bond donors (Lipinski definition) is 1. The Bertz CT molecular complexity index is 736. The first-order valence-electron chi connectivity index (χ1n) is 7.38. The molecule has 0 saturated heterocycles. The second-order valence-corrected chi connectivity index (χ2v) is 6.11. The van der Waals surface area contributed by atoms with Gasteiger partial charge in [-0.25, -0.2) is 0 Å². The van der Waals surface area contributed by atoms with Crippen molar-refractivity contribution in [1.29, 1.82) is 0 Å². The van der Waals surface area contributed by atoms with E-state index in [0.29, 0.717) is 11.3 Å². The van der Waals surface area contributed by atoms with Crippen LogP contribution in [0.25, 0.3) is 0 Å². The van der Waals surface area contributed by atoms with Gasteiger partial charge in [-0.3, -0.25) is 14.9 Å². The summed E-state index contributed by atoms with van der Waals surface area (Å²) in [7, 11) is 0. The van der Waals surface area contributed by atoms with Crippen LogP contribution in [-0.4, -0.2) is 17.4 Å². The summed E-state index contributed by atoms with van der Waals surface area (Å²) in [5.41, 5.74) is 0.692. The van der Waals surface area contributed by atoms with Crippen molar-refractivity contribution in [2.75, 3.05) is 6.61 Å². The Balaban J connectivity index is 1.83. The Morgan fingerprint density at radius 3 is 2.75 bits per heavy atom. The van der Waals surface area contributed by atoms with Crippen LogP contribution < -0.4 is 10.1 Å². The van der Waals surface area contributed by atoms with Gasteiger partial charge in [0, 0.05) is 16.6 Å². The zero-order valence-corrected chi connectivity index (χ0v) is 14.7. The molecule has 2 aromatic rings. The van der Waals surface area contributed by atoms with Gasteiger partial charge in [-0.15, -0.1) is 0 Å². The monoisotopic (exact) mass is 392 g/mol. The summed E-state index contributed by atoms with van der Waals surface area (Å²) in [6.07, 6.45) is 0.200. The molecule has 0 saturated carbocycles. The molecule has 0 heterocycles. The summed E-state index contributed by atoms with van der Waals surface area (Å²) in [6.45, 7) is 2.04. The second kappa shape index (κ2) is 8.44. The van der Waals surface area contributed by atoms with Crippen molar-refractivity contribution in [2.45, 2.75) is 19.4 Å². The van der Waals surface area contributed by atoms with Gasteiger partial charge in [-0.1, -0.05) is 34.1 Å². The minimum atomic E-state index is -0.454. The Labute approximate surface area is 148 Å². The predicted molar refractivity (Wildman–Crippen MR) is 93.9 cm³/mol. The number of nitrogens with one attached hydrogen (secondary N) is 1. The number of nitro benzene ring substituents is 1. The lowest BCUT2D eigenvalue weighted by Crippen LogP contribution is -2.27. The van der Waals surface area contributed by atoms with E-state index in [0.717, 1.165) is 4.47 Å². The zero-order chi connectivity index (χ0) is 17.5. The smallest absolute Gasteiger partial charge is 0.269 e. The first-order chi connectivity index (χ1) is 11.5. The highest BCUT2D eigenvalue weighted by molar-refractivity contribution is 9.10. The molecule has 6 nitrogen and oxygen atoms in total. The van der Waals surface area contributed by atoms with E-state index in [1.165, 1.54) is 12.1 Å². The standard InChI is InChI=1S/C17H17BrN2O4/c1-12(13-4-2-6-15(10-13)20(22)23)19-17(21)8-9-24-16-7-3-5-14(18)11-16/h2-7,10-12H,8-9H2,1H3,(H,19,21). The van der Waals surface area contributed by atoms with Crippen LogP contribution in [0.2, 0.25) is 0 Å². The molecule has 126 valence electrons. The number of halogens is 1. The van der Waals surface area contributed by atoms with Crippen molar-refractivity contribution < 1.29 is 14.5 Å². The van der Waals surface area contributed by atoms with Gasteiger partial charge in [-0.05, 0) is 30.7 Å². The molecule has 0 bridgehead atoms. The van der Waals surface area contributed by atoms with Crippen molar-refractivity contribution in [3.8, 4) is 5.75 Å². The van der Waals surface area contributed by atoms with Gasteiger partial charge < -0.3 is 10.1 Å². The fourth-order valence-corrected chi connectivity index (χ4v) is 2.50. The minimum Gasteiger partial charge on any atom is -0.493 e. The topological polar surface area (TPSA) is 81.5 Å². The number of benzene rings is 2. The summed E-state index contributed by atoms with van der Waals surface area (Å²) in [5, 5.41) is 13.6. The SMILES string of the molecule is CC(NC(=O)CCOc1cccc(Br)c1)c1cccc([N+](=O)[O-])c1. The number of ether oxygens (including phenoxy) is 1. The molecule has 7 heteroatoms. The van der Waals surface area contributed by atoms with Crippen LogP contribution in [0.5, 0.6) is 5.75 Å². The van der Waals surface area contributed by atoms with E-state index in [1.807, 2.05) is 24.3 Å².